The van der Waals surface area contributed by atoms with Gasteiger partial charge in [0.05, 0.1) is 27.9 Å². The fourth-order valence-electron chi connectivity index (χ4n) is 1.50. The van der Waals surface area contributed by atoms with Crippen LogP contribution in [0.1, 0.15) is 5.56 Å². The van der Waals surface area contributed by atoms with Gasteiger partial charge in [0.25, 0.3) is 0 Å². The zero-order valence-corrected chi connectivity index (χ0v) is 10.2. The lowest BCUT2D eigenvalue weighted by molar-refractivity contribution is 0.202. The molecular weight excluding hydrogens is 208 g/mol. The quantitative estimate of drug-likeness (QED) is 0.742. The number of hydrogen-bond donors (Lipinski definition) is 0. The first-order valence-corrected chi connectivity index (χ1v) is 5.04. The third-order valence-corrected chi connectivity index (χ3v) is 2.32. The number of benzene rings is 1. The molecule has 0 aliphatic heterocycles. The van der Waals surface area contributed by atoms with Crippen LogP contribution in [0.15, 0.2) is 12.1 Å². The molecule has 1 rings (SSSR count). The van der Waals surface area contributed by atoms with Crippen LogP contribution in [0.25, 0.3) is 0 Å². The highest BCUT2D eigenvalue weighted by Gasteiger charge is 2.12. The Hall–Kier alpha value is -1.42. The van der Waals surface area contributed by atoms with Gasteiger partial charge in [0.2, 0.25) is 5.75 Å². The number of ether oxygens (including phenoxy) is 4. The third-order valence-electron chi connectivity index (χ3n) is 2.32. The van der Waals surface area contributed by atoms with Gasteiger partial charge in [-0.1, -0.05) is 0 Å². The number of hydrogen-bond acceptors (Lipinski definition) is 4. The van der Waals surface area contributed by atoms with Crippen LogP contribution in [-0.2, 0) is 11.2 Å². The van der Waals surface area contributed by atoms with E-state index >= 15 is 0 Å². The summed E-state index contributed by atoms with van der Waals surface area (Å²) in [7, 11) is 6.49. The lowest BCUT2D eigenvalue weighted by Crippen LogP contribution is -1.99. The van der Waals surface area contributed by atoms with Crippen molar-refractivity contribution >= 4 is 0 Å². The van der Waals surface area contributed by atoms with Crippen molar-refractivity contribution in [2.75, 3.05) is 35.0 Å². The molecule has 0 amide bonds. The number of methoxy groups -OCH3 is 4. The zero-order chi connectivity index (χ0) is 12.0. The maximum Gasteiger partial charge on any atom is 0.203 e. The van der Waals surface area contributed by atoms with Gasteiger partial charge in [-0.15, -0.1) is 0 Å². The smallest absolute Gasteiger partial charge is 0.203 e. The zero-order valence-electron chi connectivity index (χ0n) is 10.2. The van der Waals surface area contributed by atoms with E-state index in [-0.39, 0.29) is 0 Å². The van der Waals surface area contributed by atoms with Crippen molar-refractivity contribution < 1.29 is 18.9 Å². The van der Waals surface area contributed by atoms with Gasteiger partial charge in [0.1, 0.15) is 0 Å². The number of rotatable bonds is 6. The summed E-state index contributed by atoms with van der Waals surface area (Å²) >= 11 is 0. The Morgan fingerprint density at radius 3 is 1.81 bits per heavy atom. The Labute approximate surface area is 96.1 Å². The topological polar surface area (TPSA) is 36.9 Å². The molecule has 90 valence electrons. The van der Waals surface area contributed by atoms with E-state index in [4.69, 9.17) is 18.9 Å². The molecule has 1 aromatic rings. The maximum absolute atomic E-state index is 5.25. The van der Waals surface area contributed by atoms with E-state index in [1.165, 1.54) is 0 Å². The third kappa shape index (κ3) is 2.79. The summed E-state index contributed by atoms with van der Waals surface area (Å²) in [5.74, 6) is 1.96. The van der Waals surface area contributed by atoms with Gasteiger partial charge >= 0.3 is 0 Å². The molecule has 0 aromatic heterocycles. The molecule has 0 bridgehead atoms. The summed E-state index contributed by atoms with van der Waals surface area (Å²) in [5.41, 5.74) is 1.09. The van der Waals surface area contributed by atoms with Gasteiger partial charge in [-0.3, -0.25) is 0 Å². The van der Waals surface area contributed by atoms with Crippen molar-refractivity contribution in [2.24, 2.45) is 0 Å². The highest BCUT2D eigenvalue weighted by molar-refractivity contribution is 5.53. The van der Waals surface area contributed by atoms with Crippen LogP contribution >= 0.6 is 0 Å². The van der Waals surface area contributed by atoms with E-state index in [0.717, 1.165) is 12.0 Å². The van der Waals surface area contributed by atoms with Crippen LogP contribution in [0.2, 0.25) is 0 Å². The van der Waals surface area contributed by atoms with Crippen molar-refractivity contribution in [3.8, 4) is 17.2 Å². The lowest BCUT2D eigenvalue weighted by atomic mass is 10.1. The molecule has 0 heterocycles. The van der Waals surface area contributed by atoms with E-state index < -0.39 is 0 Å². The monoisotopic (exact) mass is 226 g/mol. The van der Waals surface area contributed by atoms with E-state index in [0.29, 0.717) is 23.9 Å². The fourth-order valence-corrected chi connectivity index (χ4v) is 1.50. The van der Waals surface area contributed by atoms with Crippen LogP contribution in [0.5, 0.6) is 17.2 Å². The Morgan fingerprint density at radius 1 is 0.875 bits per heavy atom. The predicted molar refractivity (Wildman–Crippen MR) is 61.7 cm³/mol. The average molecular weight is 226 g/mol. The predicted octanol–water partition coefficient (Wildman–Crippen LogP) is 1.90. The summed E-state index contributed by atoms with van der Waals surface area (Å²) in [6.07, 6.45) is 0.813. The SMILES string of the molecule is COCCc1cc(OC)c(OC)c(OC)c1. The van der Waals surface area contributed by atoms with Crippen molar-refractivity contribution in [3.05, 3.63) is 17.7 Å². The highest BCUT2D eigenvalue weighted by Crippen LogP contribution is 2.38. The van der Waals surface area contributed by atoms with Crippen LogP contribution in [0.3, 0.4) is 0 Å². The Morgan fingerprint density at radius 2 is 1.44 bits per heavy atom. The Bertz CT molecular complexity index is 311. The molecule has 4 nitrogen and oxygen atoms in total. The minimum atomic E-state index is 0.617. The molecule has 0 aliphatic carbocycles. The Kier molecular flexibility index (Phi) is 4.92. The van der Waals surface area contributed by atoms with E-state index in [9.17, 15) is 0 Å². The van der Waals surface area contributed by atoms with Crippen LogP contribution in [-0.4, -0.2) is 35.0 Å². The van der Waals surface area contributed by atoms with Gasteiger partial charge in [-0.05, 0) is 24.1 Å². The van der Waals surface area contributed by atoms with Gasteiger partial charge in [0.15, 0.2) is 11.5 Å². The standard InChI is InChI=1S/C12H18O4/c1-13-6-5-9-7-10(14-2)12(16-4)11(8-9)15-3/h7-8H,5-6H2,1-4H3. The molecule has 0 unspecified atom stereocenters. The molecule has 0 spiro atoms. The summed E-state index contributed by atoms with van der Waals surface area (Å²) in [4.78, 5) is 0. The van der Waals surface area contributed by atoms with Crippen molar-refractivity contribution in [1.29, 1.82) is 0 Å². The molecule has 4 heteroatoms. The van der Waals surface area contributed by atoms with Crippen molar-refractivity contribution in [2.45, 2.75) is 6.42 Å². The first kappa shape index (κ1) is 12.6. The largest absolute Gasteiger partial charge is 0.493 e. The first-order chi connectivity index (χ1) is 7.76. The Balaban J connectivity index is 3.05. The lowest BCUT2D eigenvalue weighted by Gasteiger charge is -2.13. The highest BCUT2D eigenvalue weighted by atomic mass is 16.5. The average Bonchev–Trinajstić information content (AvgIpc) is 2.34. The van der Waals surface area contributed by atoms with Crippen molar-refractivity contribution in [1.82, 2.24) is 0 Å². The molecule has 0 fully saturated rings. The van der Waals surface area contributed by atoms with E-state index in [1.807, 2.05) is 12.1 Å². The summed E-state index contributed by atoms with van der Waals surface area (Å²) in [5, 5.41) is 0. The molecule has 0 saturated carbocycles. The molecule has 0 radical (unpaired) electrons. The maximum atomic E-state index is 5.25. The summed E-state index contributed by atoms with van der Waals surface area (Å²) < 4.78 is 20.8. The van der Waals surface area contributed by atoms with Gasteiger partial charge in [0, 0.05) is 7.11 Å². The molecular formula is C12H18O4. The van der Waals surface area contributed by atoms with Gasteiger partial charge in [-0.25, -0.2) is 0 Å². The molecule has 0 atom stereocenters. The molecule has 1 aromatic carbocycles. The van der Waals surface area contributed by atoms with E-state index in [1.54, 1.807) is 28.4 Å². The summed E-state index contributed by atoms with van der Waals surface area (Å²) in [6, 6.07) is 3.86. The second-order valence-corrected chi connectivity index (χ2v) is 3.28. The molecule has 16 heavy (non-hydrogen) atoms. The van der Waals surface area contributed by atoms with Crippen molar-refractivity contribution in [3.63, 3.8) is 0 Å². The van der Waals surface area contributed by atoms with Gasteiger partial charge < -0.3 is 18.9 Å². The molecule has 0 aliphatic rings. The van der Waals surface area contributed by atoms with E-state index in [2.05, 4.69) is 0 Å². The molecule has 0 saturated heterocycles. The molecule has 0 N–H and O–H groups in total. The van der Waals surface area contributed by atoms with Gasteiger partial charge in [-0.2, -0.15) is 0 Å². The first-order valence-electron chi connectivity index (χ1n) is 5.04. The van der Waals surface area contributed by atoms with Crippen LogP contribution in [0.4, 0.5) is 0 Å². The minimum absolute atomic E-state index is 0.617. The minimum Gasteiger partial charge on any atom is -0.493 e. The second-order valence-electron chi connectivity index (χ2n) is 3.28. The fraction of sp³-hybridized carbons (Fsp3) is 0.500. The van der Waals surface area contributed by atoms with Crippen LogP contribution in [0, 0.1) is 0 Å². The van der Waals surface area contributed by atoms with Crippen LogP contribution < -0.4 is 14.2 Å². The summed E-state index contributed by atoms with van der Waals surface area (Å²) in [6.45, 7) is 0.665. The normalized spacial score (nSPS) is 10.0. The second kappa shape index (κ2) is 6.23.